The lowest BCUT2D eigenvalue weighted by molar-refractivity contribution is 0.233. The van der Waals surface area contributed by atoms with Crippen LogP contribution in [0.3, 0.4) is 0 Å². The number of rotatable bonds is 2. The van der Waals surface area contributed by atoms with Crippen molar-refractivity contribution in [3.8, 4) is 0 Å². The molecule has 1 aliphatic rings. The fraction of sp³-hybridized carbons (Fsp3) is 0.533. The fourth-order valence-electron chi connectivity index (χ4n) is 2.72. The zero-order valence-electron chi connectivity index (χ0n) is 11.1. The molecule has 0 bridgehead atoms. The second-order valence-electron chi connectivity index (χ2n) is 6.11. The van der Waals surface area contributed by atoms with E-state index < -0.39 is 0 Å². The van der Waals surface area contributed by atoms with Gasteiger partial charge >= 0.3 is 0 Å². The first-order chi connectivity index (χ1) is 8.64. The van der Waals surface area contributed by atoms with Crippen LogP contribution in [-0.2, 0) is 0 Å². The van der Waals surface area contributed by atoms with E-state index in [0.717, 1.165) is 5.52 Å². The maximum absolute atomic E-state index is 4.49. The Morgan fingerprint density at radius 1 is 1.22 bits per heavy atom. The van der Waals surface area contributed by atoms with E-state index in [-0.39, 0.29) is 0 Å². The van der Waals surface area contributed by atoms with E-state index >= 15 is 0 Å². The molecule has 0 unspecified atom stereocenters. The van der Waals surface area contributed by atoms with E-state index in [1.807, 2.05) is 0 Å². The highest BCUT2D eigenvalue weighted by molar-refractivity contribution is 7.11. The van der Waals surface area contributed by atoms with Gasteiger partial charge in [-0.2, -0.15) is 4.37 Å². The Morgan fingerprint density at radius 2 is 1.94 bits per heavy atom. The number of benzene rings is 1. The summed E-state index contributed by atoms with van der Waals surface area (Å²) in [6, 6.07) is 9.01. The van der Waals surface area contributed by atoms with E-state index in [1.54, 1.807) is 11.5 Å². The molecule has 2 aromatic rings. The Kier molecular flexibility index (Phi) is 3.02. The average Bonchev–Trinajstić information content (AvgIpc) is 2.76. The molecule has 0 spiro atoms. The Morgan fingerprint density at radius 3 is 2.72 bits per heavy atom. The summed E-state index contributed by atoms with van der Waals surface area (Å²) < 4.78 is 4.49. The predicted octanol–water partition coefficient (Wildman–Crippen LogP) is 4.68. The number of hydrogen-bond acceptors (Lipinski definition) is 3. The zero-order chi connectivity index (χ0) is 12.6. The molecule has 2 nitrogen and oxygen atoms in total. The molecule has 0 aliphatic heterocycles. The highest BCUT2D eigenvalue weighted by Crippen LogP contribution is 2.37. The van der Waals surface area contributed by atoms with E-state index in [4.69, 9.17) is 0 Å². The van der Waals surface area contributed by atoms with E-state index in [9.17, 15) is 0 Å². The molecular formula is C15H20N2S. The lowest BCUT2D eigenvalue weighted by Gasteiger charge is -2.34. The Balaban J connectivity index is 1.74. The monoisotopic (exact) mass is 260 g/mol. The van der Waals surface area contributed by atoms with Crippen LogP contribution in [0.25, 0.3) is 10.9 Å². The zero-order valence-corrected chi connectivity index (χ0v) is 11.9. The number of fused-ring (bicyclic) bond motifs is 1. The number of anilines is 1. The van der Waals surface area contributed by atoms with Gasteiger partial charge in [0.05, 0.1) is 5.52 Å². The maximum atomic E-state index is 4.49. The molecule has 1 fully saturated rings. The molecule has 96 valence electrons. The molecule has 1 aromatic heterocycles. The first kappa shape index (κ1) is 12.0. The molecule has 0 saturated heterocycles. The molecule has 0 atom stereocenters. The minimum atomic E-state index is 0.536. The third kappa shape index (κ3) is 2.37. The van der Waals surface area contributed by atoms with Crippen LogP contribution in [0.15, 0.2) is 24.3 Å². The first-order valence-corrected chi connectivity index (χ1v) is 7.52. The summed E-state index contributed by atoms with van der Waals surface area (Å²) in [7, 11) is 0. The van der Waals surface area contributed by atoms with E-state index in [2.05, 4.69) is 47.8 Å². The minimum Gasteiger partial charge on any atom is -0.372 e. The topological polar surface area (TPSA) is 24.9 Å². The van der Waals surface area contributed by atoms with E-state index in [1.165, 1.54) is 36.1 Å². The van der Waals surface area contributed by atoms with Crippen molar-refractivity contribution in [3.63, 3.8) is 0 Å². The third-order valence-corrected chi connectivity index (χ3v) is 4.87. The second kappa shape index (κ2) is 4.54. The van der Waals surface area contributed by atoms with Crippen molar-refractivity contribution in [2.24, 2.45) is 5.41 Å². The van der Waals surface area contributed by atoms with Gasteiger partial charge in [0.15, 0.2) is 0 Å². The fourth-order valence-corrected chi connectivity index (χ4v) is 3.56. The summed E-state index contributed by atoms with van der Waals surface area (Å²) in [6.07, 6.45) is 5.20. The van der Waals surface area contributed by atoms with Gasteiger partial charge in [-0.1, -0.05) is 26.0 Å². The summed E-state index contributed by atoms with van der Waals surface area (Å²) in [6.45, 7) is 4.76. The smallest absolute Gasteiger partial charge is 0.117 e. The molecule has 1 aliphatic carbocycles. The molecule has 0 amide bonds. The van der Waals surface area contributed by atoms with Gasteiger partial charge in [-0.25, -0.2) is 0 Å². The van der Waals surface area contributed by atoms with Gasteiger partial charge in [-0.3, -0.25) is 0 Å². The summed E-state index contributed by atoms with van der Waals surface area (Å²) in [4.78, 5) is 0. The van der Waals surface area contributed by atoms with Crippen molar-refractivity contribution in [2.45, 2.75) is 45.6 Å². The van der Waals surface area contributed by atoms with Crippen molar-refractivity contribution in [3.05, 3.63) is 24.3 Å². The largest absolute Gasteiger partial charge is 0.372 e. The highest BCUT2D eigenvalue weighted by atomic mass is 32.1. The molecule has 18 heavy (non-hydrogen) atoms. The summed E-state index contributed by atoms with van der Waals surface area (Å²) >= 11 is 1.60. The molecule has 1 aromatic carbocycles. The van der Waals surface area contributed by atoms with Crippen molar-refractivity contribution in [2.75, 3.05) is 5.32 Å². The summed E-state index contributed by atoms with van der Waals surface area (Å²) in [5.74, 6) is 0. The van der Waals surface area contributed by atoms with E-state index in [0.29, 0.717) is 11.5 Å². The average molecular weight is 260 g/mol. The molecular weight excluding hydrogens is 240 g/mol. The number of aromatic nitrogens is 1. The van der Waals surface area contributed by atoms with Crippen LogP contribution in [0.5, 0.6) is 0 Å². The number of nitrogens with zero attached hydrogens (tertiary/aromatic N) is 1. The SMILES string of the molecule is CC1(C)CCC(Nc2snc3ccccc23)CC1. The lowest BCUT2D eigenvalue weighted by Crippen LogP contribution is -2.29. The van der Waals surface area contributed by atoms with Crippen LogP contribution in [0.4, 0.5) is 5.00 Å². The van der Waals surface area contributed by atoms with Crippen LogP contribution in [0.1, 0.15) is 39.5 Å². The van der Waals surface area contributed by atoms with Gasteiger partial charge in [-0.15, -0.1) is 0 Å². The molecule has 1 N–H and O–H groups in total. The van der Waals surface area contributed by atoms with Crippen molar-refractivity contribution < 1.29 is 0 Å². The van der Waals surface area contributed by atoms with Crippen molar-refractivity contribution in [1.29, 1.82) is 0 Å². The first-order valence-electron chi connectivity index (χ1n) is 6.75. The lowest BCUT2D eigenvalue weighted by atomic mass is 9.75. The Hall–Kier alpha value is -1.09. The van der Waals surface area contributed by atoms with Gasteiger partial charge < -0.3 is 5.32 Å². The van der Waals surface area contributed by atoms with Gasteiger partial charge in [0.25, 0.3) is 0 Å². The standard InChI is InChI=1S/C15H20N2S/c1-15(2)9-7-11(8-10-15)16-14-12-5-3-4-6-13(12)17-18-14/h3-6,11,16H,7-10H2,1-2H3. The van der Waals surface area contributed by atoms with Crippen LogP contribution in [0, 0.1) is 5.41 Å². The number of hydrogen-bond donors (Lipinski definition) is 1. The van der Waals surface area contributed by atoms with Gasteiger partial charge in [-0.05, 0) is 54.8 Å². The van der Waals surface area contributed by atoms with Gasteiger partial charge in [0.2, 0.25) is 0 Å². The highest BCUT2D eigenvalue weighted by Gasteiger charge is 2.27. The molecule has 1 saturated carbocycles. The Labute approximate surface area is 113 Å². The van der Waals surface area contributed by atoms with Gasteiger partial charge in [0.1, 0.15) is 5.00 Å². The second-order valence-corrected chi connectivity index (χ2v) is 6.89. The number of nitrogens with one attached hydrogen (secondary N) is 1. The molecule has 3 heteroatoms. The van der Waals surface area contributed by atoms with Crippen LogP contribution >= 0.6 is 11.5 Å². The normalized spacial score (nSPS) is 20.1. The predicted molar refractivity (Wildman–Crippen MR) is 79.3 cm³/mol. The molecule has 0 radical (unpaired) electrons. The molecule has 1 heterocycles. The molecule has 3 rings (SSSR count). The van der Waals surface area contributed by atoms with Gasteiger partial charge in [0, 0.05) is 11.4 Å². The maximum Gasteiger partial charge on any atom is 0.117 e. The minimum absolute atomic E-state index is 0.536. The van der Waals surface area contributed by atoms with Crippen LogP contribution < -0.4 is 5.32 Å². The van der Waals surface area contributed by atoms with Crippen LogP contribution in [0.2, 0.25) is 0 Å². The third-order valence-electron chi connectivity index (χ3n) is 4.06. The van der Waals surface area contributed by atoms with Crippen LogP contribution in [-0.4, -0.2) is 10.4 Å². The quantitative estimate of drug-likeness (QED) is 0.848. The summed E-state index contributed by atoms with van der Waals surface area (Å²) in [5.41, 5.74) is 1.65. The Bertz CT molecular complexity index is 534. The summed E-state index contributed by atoms with van der Waals surface area (Å²) in [5, 5.41) is 6.21. The van der Waals surface area contributed by atoms with Crippen molar-refractivity contribution in [1.82, 2.24) is 4.37 Å². The van der Waals surface area contributed by atoms with Crippen molar-refractivity contribution >= 4 is 27.4 Å².